The predicted octanol–water partition coefficient (Wildman–Crippen LogP) is -14.7. The van der Waals surface area contributed by atoms with Crippen LogP contribution >= 0.6 is 0 Å². The van der Waals surface area contributed by atoms with Gasteiger partial charge in [0.05, 0.1) is 0 Å². The fraction of sp³-hybridized carbons (Fsp3) is 0. The Kier molecular flexibility index (Phi) is 13.2. The number of hydrogen-bond acceptors (Lipinski definition) is 12. The van der Waals surface area contributed by atoms with Crippen LogP contribution < -0.4 is 43.2 Å². The van der Waals surface area contributed by atoms with Crippen LogP contribution in [0.15, 0.2) is 0 Å². The summed E-state index contributed by atoms with van der Waals surface area (Å²) in [6.45, 7) is 0. The molecule has 0 atom stereocenters. The van der Waals surface area contributed by atoms with Crippen molar-refractivity contribution in [3.63, 3.8) is 0 Å². The predicted molar refractivity (Wildman–Crippen MR) is 33.7 cm³/mol. The second-order valence-corrected chi connectivity index (χ2v) is 14.8. The van der Waals surface area contributed by atoms with E-state index in [1.165, 1.54) is 0 Å². The van der Waals surface area contributed by atoms with E-state index in [9.17, 15) is 6.87 Å². The second kappa shape index (κ2) is 6.70. The molecule has 0 aromatic carbocycles. The van der Waals surface area contributed by atoms with E-state index in [1.54, 1.807) is 0 Å². The number of hydrogen-bond donors (Lipinski definition) is 10. The molecule has 12 nitrogen and oxygen atoms in total. The van der Waals surface area contributed by atoms with Crippen LogP contribution in [0.25, 0.3) is 0 Å². The molecule has 0 unspecified atom stereocenters. The first-order valence-corrected chi connectivity index (χ1v) is 13.4. The monoisotopic (exact) mass is 592 g/mol. The topological polar surface area (TPSA) is 248 Å². The summed E-state index contributed by atoms with van der Waals surface area (Å²) in [7, 11) is 0. The summed E-state index contributed by atoms with van der Waals surface area (Å²) in [5.41, 5.74) is 0. The van der Waals surface area contributed by atoms with E-state index in [1.807, 2.05) is 0 Å². The Balaban J connectivity index is -0.0000000480. The van der Waals surface area contributed by atoms with Gasteiger partial charge in [0.15, 0.2) is 0 Å². The normalized spacial score (nSPS) is 19.1. The summed E-state index contributed by atoms with van der Waals surface area (Å²) < 4.78 is 91.4. The zero-order chi connectivity index (χ0) is 12.8. The van der Waals surface area contributed by atoms with Gasteiger partial charge in [0.25, 0.3) is 0 Å². The Morgan fingerprint density at radius 3 is 0.471 bits per heavy atom. The SMILES string of the molecule is [K].[K].[Ni].[O-][I+](O)(O)(O)(O)O.[O-][I+](O)(O)(O)(O)O. The molecule has 0 rings (SSSR count). The molecule has 0 aliphatic rings. The van der Waals surface area contributed by atoms with Crippen LogP contribution in [0.4, 0.5) is 0 Å². The van der Waals surface area contributed by atoms with Gasteiger partial charge in [-0.25, -0.2) is 0 Å². The van der Waals surface area contributed by atoms with Gasteiger partial charge < -0.3 is 0 Å². The van der Waals surface area contributed by atoms with Gasteiger partial charge >= 0.3 is 77.5 Å². The Morgan fingerprint density at radius 1 is 0.471 bits per heavy atom. The number of halogens is 2. The fourth-order valence-corrected chi connectivity index (χ4v) is 0. The Bertz CT molecular complexity index is 170. The molecular weight excluding hydrogens is 583 g/mol. The molecule has 0 saturated heterocycles. The van der Waals surface area contributed by atoms with Crippen molar-refractivity contribution < 1.29 is 94.0 Å². The third kappa shape index (κ3) is 324. The standard InChI is InChI=1S/2H5IO6.2K.Ni/c2*2-1(3,4,5,6)7;;;/h2*2-6H;;;. The maximum atomic E-state index is 9.22. The maximum absolute atomic E-state index is 9.22. The van der Waals surface area contributed by atoms with E-state index >= 15 is 0 Å². The summed E-state index contributed by atoms with van der Waals surface area (Å²) in [6, 6.07) is 0. The molecule has 0 fully saturated rings. The van der Waals surface area contributed by atoms with Gasteiger partial charge in [-0.1, -0.05) is 0 Å². The first-order chi connectivity index (χ1) is 4.90. The molecule has 0 saturated carbocycles. The molecule has 17 heavy (non-hydrogen) atoms. The van der Waals surface area contributed by atoms with Crippen molar-refractivity contribution in [1.82, 2.24) is 0 Å². The van der Waals surface area contributed by atoms with Crippen LogP contribution in [0.1, 0.15) is 0 Å². The molecule has 0 aromatic heterocycles. The van der Waals surface area contributed by atoms with E-state index in [2.05, 4.69) is 0 Å². The second-order valence-electron chi connectivity index (χ2n) is 2.20. The molecule has 0 aromatic rings. The summed E-state index contributed by atoms with van der Waals surface area (Å²) in [5, 5.41) is 0. The third-order valence-corrected chi connectivity index (χ3v) is 0. The van der Waals surface area contributed by atoms with Gasteiger partial charge in [0, 0.05) is 119 Å². The molecular formula is H10I2K2NiO12. The van der Waals surface area contributed by atoms with Crippen molar-refractivity contribution in [2.24, 2.45) is 0 Å². The minimum atomic E-state index is -8.37. The van der Waals surface area contributed by atoms with Crippen LogP contribution in [-0.4, -0.2) is 137 Å². The Morgan fingerprint density at radius 2 is 0.471 bits per heavy atom. The van der Waals surface area contributed by atoms with Gasteiger partial charge in [0.2, 0.25) is 0 Å². The van der Waals surface area contributed by atoms with Crippen molar-refractivity contribution in [1.29, 1.82) is 0 Å². The molecule has 0 bridgehead atoms. The average Bonchev–Trinajstić information content (AvgIpc) is 0.938. The van der Waals surface area contributed by atoms with Crippen molar-refractivity contribution >= 4 is 103 Å². The zero-order valence-corrected chi connectivity index (χ0v) is 19.9. The van der Waals surface area contributed by atoms with Crippen LogP contribution in [0.2, 0.25) is 0 Å². The summed E-state index contributed by atoms with van der Waals surface area (Å²) in [6.07, 6.45) is 0. The van der Waals surface area contributed by atoms with Gasteiger partial charge in [-0.05, 0) is 0 Å². The van der Waals surface area contributed by atoms with E-state index in [-0.39, 0.29) is 119 Å². The van der Waals surface area contributed by atoms with E-state index < -0.39 is 36.3 Å². The van der Waals surface area contributed by atoms with Crippen LogP contribution in [0.3, 0.4) is 0 Å². The molecule has 0 heterocycles. The van der Waals surface area contributed by atoms with Crippen molar-refractivity contribution in [2.75, 3.05) is 0 Å². The van der Waals surface area contributed by atoms with Gasteiger partial charge in [-0.2, -0.15) is 0 Å². The summed E-state index contributed by atoms with van der Waals surface area (Å²) >= 11 is -16.7. The van der Waals surface area contributed by atoms with Gasteiger partial charge in [-0.3, -0.25) is 0 Å². The van der Waals surface area contributed by atoms with E-state index in [0.29, 0.717) is 0 Å². The molecule has 0 aliphatic carbocycles. The van der Waals surface area contributed by atoms with Crippen molar-refractivity contribution in [3.05, 3.63) is 0 Å². The molecule has 10 N–H and O–H groups in total. The van der Waals surface area contributed by atoms with Gasteiger partial charge in [-0.15, -0.1) is 0 Å². The first kappa shape index (κ1) is 33.4. The van der Waals surface area contributed by atoms with E-state index in [4.69, 9.17) is 34.4 Å². The molecule has 0 amide bonds. The van der Waals surface area contributed by atoms with Crippen LogP contribution in [0, 0.1) is 0 Å². The van der Waals surface area contributed by atoms with Gasteiger partial charge in [0.1, 0.15) is 0 Å². The summed E-state index contributed by atoms with van der Waals surface area (Å²) in [5.74, 6) is 0. The van der Waals surface area contributed by atoms with Crippen LogP contribution in [-0.2, 0) is 16.5 Å². The third-order valence-electron chi connectivity index (χ3n) is 0. The molecule has 2 radical (unpaired) electrons. The van der Waals surface area contributed by atoms with Crippen molar-refractivity contribution in [3.8, 4) is 0 Å². The zero-order valence-electron chi connectivity index (χ0n) is 8.36. The quantitative estimate of drug-likeness (QED) is 0.0930. The fourth-order valence-electron chi connectivity index (χ4n) is 0. The minimum absolute atomic E-state index is 0. The Hall–Kier alpha value is 4.75. The molecule has 108 valence electrons. The van der Waals surface area contributed by atoms with Crippen molar-refractivity contribution in [2.45, 2.75) is 0 Å². The molecule has 17 heteroatoms. The first-order valence-electron chi connectivity index (χ1n) is 2.00. The average molecular weight is 593 g/mol. The van der Waals surface area contributed by atoms with E-state index in [0.717, 1.165) is 0 Å². The molecule has 0 spiro atoms. The van der Waals surface area contributed by atoms with Crippen LogP contribution in [0.5, 0.6) is 0 Å². The molecule has 0 aliphatic heterocycles. The summed E-state index contributed by atoms with van der Waals surface area (Å²) in [4.78, 5) is 0. The number of rotatable bonds is 0. The Labute approximate surface area is 191 Å².